The highest BCUT2D eigenvalue weighted by molar-refractivity contribution is 5.82. The van der Waals surface area contributed by atoms with Crippen molar-refractivity contribution in [3.8, 4) is 11.1 Å². The van der Waals surface area contributed by atoms with Crippen LogP contribution in [0, 0.1) is 11.8 Å². The molecule has 7 nitrogen and oxygen atoms in total. The van der Waals surface area contributed by atoms with E-state index in [-0.39, 0.29) is 25.0 Å². The predicted molar refractivity (Wildman–Crippen MR) is 133 cm³/mol. The minimum absolute atomic E-state index is 0.0339. The monoisotopic (exact) mass is 478 g/mol. The van der Waals surface area contributed by atoms with Gasteiger partial charge in [-0.3, -0.25) is 9.59 Å². The van der Waals surface area contributed by atoms with Crippen LogP contribution < -0.4 is 5.32 Å². The number of nitrogens with one attached hydrogen (secondary N) is 1. The molecule has 7 heteroatoms. The van der Waals surface area contributed by atoms with Crippen molar-refractivity contribution in [1.82, 2.24) is 10.2 Å². The van der Waals surface area contributed by atoms with Gasteiger partial charge in [0.05, 0.1) is 17.4 Å². The molecule has 4 rings (SSSR count). The maximum Gasteiger partial charge on any atom is 0.407 e. The molecule has 2 aliphatic rings. The Morgan fingerprint density at radius 1 is 1.09 bits per heavy atom. The van der Waals surface area contributed by atoms with Gasteiger partial charge in [0.1, 0.15) is 6.61 Å². The van der Waals surface area contributed by atoms with E-state index in [0.29, 0.717) is 12.8 Å². The lowest BCUT2D eigenvalue weighted by Gasteiger charge is -2.42. The highest BCUT2D eigenvalue weighted by Crippen LogP contribution is 2.44. The summed E-state index contributed by atoms with van der Waals surface area (Å²) in [5.74, 6) is -2.20. The number of carbonyl (C=O) groups is 3. The largest absolute Gasteiger partial charge is 0.481 e. The molecule has 2 aliphatic carbocycles. The Labute approximate surface area is 206 Å². The van der Waals surface area contributed by atoms with E-state index in [1.165, 1.54) is 16.0 Å². The number of hydrogen-bond donors (Lipinski definition) is 2. The Morgan fingerprint density at radius 2 is 1.69 bits per heavy atom. The number of amides is 2. The van der Waals surface area contributed by atoms with Crippen LogP contribution in [-0.4, -0.2) is 53.7 Å². The molecular weight excluding hydrogens is 444 g/mol. The summed E-state index contributed by atoms with van der Waals surface area (Å²) in [6.45, 7) is 3.82. The van der Waals surface area contributed by atoms with Gasteiger partial charge in [-0.05, 0) is 42.0 Å². The average molecular weight is 479 g/mol. The molecule has 0 spiro atoms. The summed E-state index contributed by atoms with van der Waals surface area (Å²) in [5, 5.41) is 12.2. The average Bonchev–Trinajstić information content (AvgIpc) is 3.16. The molecule has 0 saturated heterocycles. The zero-order chi connectivity index (χ0) is 25.2. The zero-order valence-corrected chi connectivity index (χ0v) is 20.6. The fourth-order valence-corrected chi connectivity index (χ4v) is 5.59. The fourth-order valence-electron chi connectivity index (χ4n) is 5.59. The van der Waals surface area contributed by atoms with Crippen molar-refractivity contribution in [2.24, 2.45) is 11.8 Å². The summed E-state index contributed by atoms with van der Waals surface area (Å²) in [7, 11) is 1.63. The molecule has 1 saturated carbocycles. The highest BCUT2D eigenvalue weighted by atomic mass is 16.5. The number of alkyl carbamates (subject to hydrolysis) is 1. The van der Waals surface area contributed by atoms with Gasteiger partial charge < -0.3 is 20.1 Å². The number of hydrogen-bond acceptors (Lipinski definition) is 4. The number of carbonyl (C=O) groups excluding carboxylic acids is 2. The van der Waals surface area contributed by atoms with E-state index < -0.39 is 29.4 Å². The quantitative estimate of drug-likeness (QED) is 0.604. The fraction of sp³-hybridized carbons (Fsp3) is 0.464. The minimum Gasteiger partial charge on any atom is -0.481 e. The molecule has 0 aromatic heterocycles. The van der Waals surface area contributed by atoms with Crippen molar-refractivity contribution in [2.75, 3.05) is 20.2 Å². The number of carboxylic acids is 1. The smallest absolute Gasteiger partial charge is 0.407 e. The van der Waals surface area contributed by atoms with Crippen LogP contribution in [-0.2, 0) is 14.3 Å². The predicted octanol–water partition coefficient (Wildman–Crippen LogP) is 4.65. The number of rotatable bonds is 7. The molecule has 0 bridgehead atoms. The third kappa shape index (κ3) is 5.04. The molecule has 0 aliphatic heterocycles. The molecule has 35 heavy (non-hydrogen) atoms. The van der Waals surface area contributed by atoms with E-state index in [2.05, 4.69) is 29.6 Å². The first kappa shape index (κ1) is 24.8. The van der Waals surface area contributed by atoms with Crippen LogP contribution >= 0.6 is 0 Å². The topological polar surface area (TPSA) is 95.9 Å². The van der Waals surface area contributed by atoms with Gasteiger partial charge in [-0.25, -0.2) is 4.79 Å². The maximum atomic E-state index is 13.2. The first-order chi connectivity index (χ1) is 16.7. The normalized spacial score (nSPS) is 22.0. The van der Waals surface area contributed by atoms with E-state index in [1.54, 1.807) is 14.0 Å². The summed E-state index contributed by atoms with van der Waals surface area (Å²) in [6.07, 6.45) is 2.57. The summed E-state index contributed by atoms with van der Waals surface area (Å²) < 4.78 is 5.74. The first-order valence-electron chi connectivity index (χ1n) is 12.3. The van der Waals surface area contributed by atoms with Crippen molar-refractivity contribution >= 4 is 18.0 Å². The second-order valence-corrected chi connectivity index (χ2v) is 10.1. The van der Waals surface area contributed by atoms with Gasteiger partial charge in [0.2, 0.25) is 5.91 Å². The Kier molecular flexibility index (Phi) is 7.15. The molecule has 3 atom stereocenters. The Morgan fingerprint density at radius 3 is 2.29 bits per heavy atom. The second-order valence-electron chi connectivity index (χ2n) is 10.1. The molecular formula is C28H34N2O5. The lowest BCUT2D eigenvalue weighted by atomic mass is 9.73. The summed E-state index contributed by atoms with van der Waals surface area (Å²) in [5.41, 5.74) is 3.88. The Balaban J connectivity index is 1.43. The van der Waals surface area contributed by atoms with Gasteiger partial charge in [0, 0.05) is 19.5 Å². The molecule has 3 unspecified atom stereocenters. The molecule has 0 heterocycles. The van der Waals surface area contributed by atoms with Crippen LogP contribution in [0.2, 0.25) is 0 Å². The van der Waals surface area contributed by atoms with Gasteiger partial charge >= 0.3 is 12.1 Å². The third-order valence-electron chi connectivity index (χ3n) is 7.58. The number of benzene rings is 2. The number of ether oxygens (including phenoxy) is 1. The van der Waals surface area contributed by atoms with Crippen molar-refractivity contribution in [2.45, 2.75) is 51.0 Å². The molecule has 2 aromatic rings. The highest BCUT2D eigenvalue weighted by Gasteiger charge is 2.44. The molecule has 186 valence electrons. The number of fused-ring (bicyclic) bond motifs is 3. The molecule has 2 N–H and O–H groups in total. The van der Waals surface area contributed by atoms with E-state index >= 15 is 0 Å². The lowest BCUT2D eigenvalue weighted by Crippen LogP contribution is -2.58. The second kappa shape index (κ2) is 10.1. The van der Waals surface area contributed by atoms with E-state index in [4.69, 9.17) is 4.74 Å². The van der Waals surface area contributed by atoms with Gasteiger partial charge in [0.15, 0.2) is 0 Å². The van der Waals surface area contributed by atoms with E-state index in [1.807, 2.05) is 31.2 Å². The zero-order valence-electron chi connectivity index (χ0n) is 20.6. The standard InChI is InChI=1S/C28H34N2O5/c1-18(26(32)33)16-30(3)25(31)24-14-8-9-15-28(24,2)29-27(34)35-17-23-21-12-6-4-10-19(21)20-11-5-7-13-22(20)23/h4-7,10-13,18,23-24H,8-9,14-17H2,1-3H3,(H,29,34)(H,32,33). The summed E-state index contributed by atoms with van der Waals surface area (Å²) in [6, 6.07) is 16.4. The lowest BCUT2D eigenvalue weighted by molar-refractivity contribution is -0.144. The first-order valence-corrected chi connectivity index (χ1v) is 12.3. The molecule has 2 amide bonds. The maximum absolute atomic E-state index is 13.2. The molecule has 0 radical (unpaired) electrons. The molecule has 2 aromatic carbocycles. The summed E-state index contributed by atoms with van der Waals surface area (Å²) in [4.78, 5) is 38.9. The number of nitrogens with zero attached hydrogens (tertiary/aromatic N) is 1. The third-order valence-corrected chi connectivity index (χ3v) is 7.58. The van der Waals surface area contributed by atoms with Crippen molar-refractivity contribution in [3.63, 3.8) is 0 Å². The Hall–Kier alpha value is -3.35. The molecule has 1 fully saturated rings. The number of aliphatic carboxylic acids is 1. The minimum atomic E-state index is -0.937. The van der Waals surface area contributed by atoms with Gasteiger partial charge in [-0.2, -0.15) is 0 Å². The van der Waals surface area contributed by atoms with Crippen LogP contribution in [0.3, 0.4) is 0 Å². The van der Waals surface area contributed by atoms with Crippen LogP contribution in [0.15, 0.2) is 48.5 Å². The van der Waals surface area contributed by atoms with Gasteiger partial charge in [-0.15, -0.1) is 0 Å². The van der Waals surface area contributed by atoms with E-state index in [9.17, 15) is 19.5 Å². The van der Waals surface area contributed by atoms with Crippen LogP contribution in [0.4, 0.5) is 4.79 Å². The SMILES string of the molecule is CC(CN(C)C(=O)C1CCCCC1(C)NC(=O)OCC1c2ccccc2-c2ccccc21)C(=O)O. The Bertz CT molecular complexity index is 1070. The van der Waals surface area contributed by atoms with Gasteiger partial charge in [-0.1, -0.05) is 68.3 Å². The van der Waals surface area contributed by atoms with Crippen LogP contribution in [0.25, 0.3) is 11.1 Å². The summed E-state index contributed by atoms with van der Waals surface area (Å²) >= 11 is 0. The van der Waals surface area contributed by atoms with Crippen LogP contribution in [0.5, 0.6) is 0 Å². The van der Waals surface area contributed by atoms with E-state index in [0.717, 1.165) is 24.0 Å². The van der Waals surface area contributed by atoms with Gasteiger partial charge in [0.25, 0.3) is 0 Å². The number of carboxylic acid groups (broad SMARTS) is 1. The van der Waals surface area contributed by atoms with Crippen LogP contribution in [0.1, 0.15) is 56.6 Å². The van der Waals surface area contributed by atoms with Crippen molar-refractivity contribution in [3.05, 3.63) is 59.7 Å². The van der Waals surface area contributed by atoms with Crippen molar-refractivity contribution < 1.29 is 24.2 Å². The van der Waals surface area contributed by atoms with Crippen molar-refractivity contribution in [1.29, 1.82) is 0 Å².